The average molecular weight is 274 g/mol. The lowest BCUT2D eigenvalue weighted by Gasteiger charge is -2.12. The summed E-state index contributed by atoms with van der Waals surface area (Å²) < 4.78 is 10.9. The van der Waals surface area contributed by atoms with Crippen molar-refractivity contribution in [2.24, 2.45) is 0 Å². The maximum absolute atomic E-state index is 8.88. The summed E-state index contributed by atoms with van der Waals surface area (Å²) in [5.74, 6) is 0.909. The monoisotopic (exact) mass is 273 g/mol. The van der Waals surface area contributed by atoms with Gasteiger partial charge in [-0.3, -0.25) is 0 Å². The molecule has 0 bridgehead atoms. The van der Waals surface area contributed by atoms with Gasteiger partial charge < -0.3 is 9.47 Å². The van der Waals surface area contributed by atoms with Crippen LogP contribution in [0.15, 0.2) is 42.5 Å². The topological polar surface area (TPSA) is 42.2 Å². The van der Waals surface area contributed by atoms with Crippen molar-refractivity contribution in [2.45, 2.75) is 6.61 Å². The molecule has 0 fully saturated rings. The third kappa shape index (κ3) is 3.18. The van der Waals surface area contributed by atoms with Crippen LogP contribution in [0.25, 0.3) is 0 Å². The number of nitrogens with zero attached hydrogens (tertiary/aromatic N) is 1. The van der Waals surface area contributed by atoms with E-state index in [0.717, 1.165) is 5.56 Å². The van der Waals surface area contributed by atoms with E-state index < -0.39 is 0 Å². The third-order valence-electron chi connectivity index (χ3n) is 2.58. The largest absolute Gasteiger partial charge is 0.493 e. The fraction of sp³-hybridized carbons (Fsp3) is 0.133. The first kappa shape index (κ1) is 13.3. The van der Waals surface area contributed by atoms with E-state index in [-0.39, 0.29) is 0 Å². The second kappa shape index (κ2) is 6.12. The number of nitriles is 1. The van der Waals surface area contributed by atoms with Crippen LogP contribution < -0.4 is 9.47 Å². The zero-order chi connectivity index (χ0) is 13.7. The Hall–Kier alpha value is -2.18. The summed E-state index contributed by atoms with van der Waals surface area (Å²) in [6.07, 6.45) is 0. The standard InChI is InChI=1S/C15H12ClNO2/c1-18-14-8-12(9-17)7-13(16)15(14)19-10-11-5-3-2-4-6-11/h2-8H,10H2,1H3. The first-order valence-electron chi connectivity index (χ1n) is 5.69. The molecule has 0 aliphatic heterocycles. The van der Waals surface area contributed by atoms with Gasteiger partial charge in [0.15, 0.2) is 11.5 Å². The first-order valence-corrected chi connectivity index (χ1v) is 6.06. The fourth-order valence-corrected chi connectivity index (χ4v) is 1.92. The molecule has 0 N–H and O–H groups in total. The van der Waals surface area contributed by atoms with Gasteiger partial charge >= 0.3 is 0 Å². The zero-order valence-electron chi connectivity index (χ0n) is 10.4. The number of ether oxygens (including phenoxy) is 2. The maximum atomic E-state index is 8.88. The molecule has 0 heterocycles. The van der Waals surface area contributed by atoms with Gasteiger partial charge in [-0.05, 0) is 11.6 Å². The molecule has 0 unspecified atom stereocenters. The molecular weight excluding hydrogens is 262 g/mol. The van der Waals surface area contributed by atoms with Gasteiger partial charge in [-0.2, -0.15) is 5.26 Å². The number of rotatable bonds is 4. The molecule has 4 heteroatoms. The summed E-state index contributed by atoms with van der Waals surface area (Å²) >= 11 is 6.10. The predicted octanol–water partition coefficient (Wildman–Crippen LogP) is 3.80. The minimum absolute atomic E-state index is 0.367. The summed E-state index contributed by atoms with van der Waals surface area (Å²) in [4.78, 5) is 0. The molecule has 0 amide bonds. The Labute approximate surface area is 117 Å². The van der Waals surface area contributed by atoms with Gasteiger partial charge in [-0.1, -0.05) is 41.9 Å². The third-order valence-corrected chi connectivity index (χ3v) is 2.87. The van der Waals surface area contributed by atoms with Crippen molar-refractivity contribution in [3.63, 3.8) is 0 Å². The van der Waals surface area contributed by atoms with Crippen LogP contribution in [0.3, 0.4) is 0 Å². The van der Waals surface area contributed by atoms with E-state index in [2.05, 4.69) is 0 Å². The molecular formula is C15H12ClNO2. The molecule has 3 nitrogen and oxygen atoms in total. The van der Waals surface area contributed by atoms with Gasteiger partial charge in [0, 0.05) is 6.07 Å². The van der Waals surface area contributed by atoms with E-state index in [1.165, 1.54) is 7.11 Å². The molecule has 0 aliphatic carbocycles. The number of benzene rings is 2. The van der Waals surface area contributed by atoms with E-state index in [1.54, 1.807) is 12.1 Å². The lowest BCUT2D eigenvalue weighted by molar-refractivity contribution is 0.284. The summed E-state index contributed by atoms with van der Waals surface area (Å²) in [6.45, 7) is 0.392. The minimum atomic E-state index is 0.367. The van der Waals surface area contributed by atoms with Gasteiger partial charge in [0.2, 0.25) is 0 Å². The number of hydrogen-bond donors (Lipinski definition) is 0. The van der Waals surface area contributed by atoms with E-state index in [0.29, 0.717) is 28.7 Å². The lowest BCUT2D eigenvalue weighted by Crippen LogP contribution is -1.98. The van der Waals surface area contributed by atoms with Crippen molar-refractivity contribution in [3.8, 4) is 17.6 Å². The summed E-state index contributed by atoms with van der Waals surface area (Å²) in [5.41, 5.74) is 1.47. The van der Waals surface area contributed by atoms with Crippen LogP contribution in [-0.2, 0) is 6.61 Å². The first-order chi connectivity index (χ1) is 9.24. The van der Waals surface area contributed by atoms with Crippen LogP contribution in [0.4, 0.5) is 0 Å². The molecule has 2 aromatic carbocycles. The van der Waals surface area contributed by atoms with Crippen LogP contribution in [-0.4, -0.2) is 7.11 Å². The van der Waals surface area contributed by atoms with E-state index >= 15 is 0 Å². The van der Waals surface area contributed by atoms with E-state index in [1.807, 2.05) is 36.4 Å². The highest BCUT2D eigenvalue weighted by Gasteiger charge is 2.12. The Balaban J connectivity index is 2.23. The predicted molar refractivity (Wildman–Crippen MR) is 73.5 cm³/mol. The highest BCUT2D eigenvalue weighted by Crippen LogP contribution is 2.36. The lowest BCUT2D eigenvalue weighted by atomic mass is 10.2. The Morgan fingerprint density at radius 1 is 1.21 bits per heavy atom. The molecule has 0 atom stereocenters. The molecule has 0 radical (unpaired) electrons. The Bertz CT molecular complexity index is 606. The van der Waals surface area contributed by atoms with Crippen molar-refractivity contribution in [3.05, 3.63) is 58.6 Å². The van der Waals surface area contributed by atoms with Gasteiger partial charge in [0.1, 0.15) is 6.61 Å². The molecule has 2 aromatic rings. The maximum Gasteiger partial charge on any atom is 0.180 e. The SMILES string of the molecule is COc1cc(C#N)cc(Cl)c1OCc1ccccc1. The molecule has 0 saturated carbocycles. The Morgan fingerprint density at radius 3 is 2.58 bits per heavy atom. The molecule has 19 heavy (non-hydrogen) atoms. The molecule has 0 spiro atoms. The van der Waals surface area contributed by atoms with Gasteiger partial charge in [-0.15, -0.1) is 0 Å². The van der Waals surface area contributed by atoms with Crippen LogP contribution in [0.5, 0.6) is 11.5 Å². The van der Waals surface area contributed by atoms with E-state index in [4.69, 9.17) is 26.3 Å². The van der Waals surface area contributed by atoms with Crippen molar-refractivity contribution < 1.29 is 9.47 Å². The zero-order valence-corrected chi connectivity index (χ0v) is 11.1. The second-order valence-electron chi connectivity index (χ2n) is 3.88. The van der Waals surface area contributed by atoms with Gasteiger partial charge in [-0.25, -0.2) is 0 Å². The summed E-state index contributed by atoms with van der Waals surface area (Å²) in [7, 11) is 1.52. The van der Waals surface area contributed by atoms with Gasteiger partial charge in [0.05, 0.1) is 23.8 Å². The van der Waals surface area contributed by atoms with Crippen molar-refractivity contribution >= 4 is 11.6 Å². The fourth-order valence-electron chi connectivity index (χ4n) is 1.65. The Kier molecular flexibility index (Phi) is 4.27. The molecule has 96 valence electrons. The average Bonchev–Trinajstić information content (AvgIpc) is 2.46. The van der Waals surface area contributed by atoms with Crippen molar-refractivity contribution in [1.29, 1.82) is 5.26 Å². The Morgan fingerprint density at radius 2 is 1.95 bits per heavy atom. The van der Waals surface area contributed by atoms with Gasteiger partial charge in [0.25, 0.3) is 0 Å². The van der Waals surface area contributed by atoms with Crippen LogP contribution in [0, 0.1) is 11.3 Å². The van der Waals surface area contributed by atoms with Crippen LogP contribution >= 0.6 is 11.6 Å². The highest BCUT2D eigenvalue weighted by molar-refractivity contribution is 6.32. The molecule has 0 aromatic heterocycles. The number of methoxy groups -OCH3 is 1. The molecule has 0 aliphatic rings. The number of hydrogen-bond acceptors (Lipinski definition) is 3. The summed E-state index contributed by atoms with van der Waals surface area (Å²) in [5, 5.41) is 9.24. The summed E-state index contributed by atoms with van der Waals surface area (Å²) in [6, 6.07) is 14.9. The quantitative estimate of drug-likeness (QED) is 0.851. The van der Waals surface area contributed by atoms with Crippen LogP contribution in [0.2, 0.25) is 5.02 Å². The van der Waals surface area contributed by atoms with E-state index in [9.17, 15) is 0 Å². The van der Waals surface area contributed by atoms with Crippen LogP contribution in [0.1, 0.15) is 11.1 Å². The van der Waals surface area contributed by atoms with Crippen molar-refractivity contribution in [1.82, 2.24) is 0 Å². The molecule has 0 saturated heterocycles. The second-order valence-corrected chi connectivity index (χ2v) is 4.28. The highest BCUT2D eigenvalue weighted by atomic mass is 35.5. The number of halogens is 1. The normalized spacial score (nSPS) is 9.74. The minimum Gasteiger partial charge on any atom is -0.493 e. The smallest absolute Gasteiger partial charge is 0.180 e. The van der Waals surface area contributed by atoms with Crippen molar-refractivity contribution in [2.75, 3.05) is 7.11 Å². The molecule has 2 rings (SSSR count).